The molecule has 2 amide bonds. The predicted octanol–water partition coefficient (Wildman–Crippen LogP) is 0.586. The van der Waals surface area contributed by atoms with E-state index in [1.54, 1.807) is 0 Å². The molecule has 29 nitrogen and oxygen atoms in total. The molecular weight excluding hydrogens is 1080 g/mol. The molecule has 6 heterocycles. The minimum Gasteiger partial charge on any atom is -0.452 e. The number of fused-ring (bicyclic) bond motifs is 5. The fourth-order valence-corrected chi connectivity index (χ4v) is 14.1. The van der Waals surface area contributed by atoms with Crippen LogP contribution in [-0.2, 0) is 64.9 Å². The number of anilines is 2. The van der Waals surface area contributed by atoms with Crippen molar-refractivity contribution in [2.45, 2.75) is 88.9 Å². The maximum Gasteiger partial charge on any atom is 0.488 e. The van der Waals surface area contributed by atoms with Gasteiger partial charge in [-0.1, -0.05) is 0 Å². The number of benzene rings is 2. The van der Waals surface area contributed by atoms with Crippen LogP contribution in [0.25, 0.3) is 11.2 Å². The third-order valence-corrected chi connectivity index (χ3v) is 17.8. The van der Waals surface area contributed by atoms with Gasteiger partial charge in [0.1, 0.15) is 36.3 Å². The van der Waals surface area contributed by atoms with E-state index in [4.69, 9.17) is 29.5 Å². The lowest BCUT2D eigenvalue weighted by Gasteiger charge is -2.48. The van der Waals surface area contributed by atoms with Crippen molar-refractivity contribution in [3.8, 4) is 11.5 Å². The Morgan fingerprint density at radius 2 is 1.82 bits per heavy atom. The molecule has 4 aromatic rings. The van der Waals surface area contributed by atoms with Crippen LogP contribution in [0.5, 0.6) is 11.5 Å². The fourth-order valence-electron chi connectivity index (χ4n) is 9.53. The molecule has 8 rings (SSSR count). The summed E-state index contributed by atoms with van der Waals surface area (Å²) in [4.78, 5) is 94.1. The fraction of sp³-hybridized carbons (Fsp3) is 0.525. The van der Waals surface area contributed by atoms with Crippen molar-refractivity contribution < 1.29 is 83.7 Å². The number of imidazole rings is 1. The van der Waals surface area contributed by atoms with E-state index in [9.17, 15) is 61.2 Å². The lowest BCUT2D eigenvalue weighted by molar-refractivity contribution is -0.121. The van der Waals surface area contributed by atoms with E-state index < -0.39 is 92.5 Å². The van der Waals surface area contributed by atoms with Gasteiger partial charge in [-0.15, -0.1) is 0 Å². The summed E-state index contributed by atoms with van der Waals surface area (Å²) in [6.07, 6.45) is -4.37. The predicted molar refractivity (Wildman–Crippen MR) is 263 cm³/mol. The number of carbonyl (C=O) groups is 2. The van der Waals surface area contributed by atoms with Gasteiger partial charge in [-0.05, 0) is 69.5 Å². The van der Waals surface area contributed by atoms with E-state index in [1.165, 1.54) is 5.56 Å². The molecule has 0 aliphatic carbocycles. The number of alkyl carbamates (subject to hydrolysis) is 1. The first-order valence-electron chi connectivity index (χ1n) is 22.9. The van der Waals surface area contributed by atoms with E-state index >= 15 is 0 Å². The van der Waals surface area contributed by atoms with Crippen LogP contribution in [0.1, 0.15) is 69.7 Å². The number of amides is 2. The average Bonchev–Trinajstić information content (AvgIpc) is 3.83. The second kappa shape index (κ2) is 21.3. The first-order chi connectivity index (χ1) is 34.6. The van der Waals surface area contributed by atoms with Crippen LogP contribution in [0.2, 0.25) is 0 Å². The number of aliphatic hydroxyl groups is 1. The van der Waals surface area contributed by atoms with Gasteiger partial charge in [-0.2, -0.15) is 17.7 Å². The third kappa shape index (κ3) is 12.9. The third-order valence-electron chi connectivity index (χ3n) is 12.5. The molecule has 4 aliphatic rings. The number of carbonyl (C=O) groups excluding carboxylic acids is 2. The highest BCUT2D eigenvalue weighted by atomic mass is 32.5. The van der Waals surface area contributed by atoms with Crippen LogP contribution >= 0.6 is 22.4 Å². The van der Waals surface area contributed by atoms with Crippen molar-refractivity contribution in [1.82, 2.24) is 34.7 Å². The summed E-state index contributed by atoms with van der Waals surface area (Å²) in [5.74, 6) is -0.738. The van der Waals surface area contributed by atoms with Gasteiger partial charge in [0.05, 0.1) is 24.8 Å². The Morgan fingerprint density at radius 1 is 1.08 bits per heavy atom. The van der Waals surface area contributed by atoms with Gasteiger partial charge >= 0.3 is 28.5 Å². The van der Waals surface area contributed by atoms with Crippen LogP contribution in [0.4, 0.5) is 22.1 Å². The number of rotatable bonds is 19. The lowest BCUT2D eigenvalue weighted by atomic mass is 9.79. The van der Waals surface area contributed by atoms with Crippen LogP contribution in [-0.4, -0.2) is 138 Å². The molecule has 1 fully saturated rings. The summed E-state index contributed by atoms with van der Waals surface area (Å²) in [5.41, 5.74) is 6.90. The van der Waals surface area contributed by atoms with E-state index in [0.717, 1.165) is 42.2 Å². The molecule has 1 saturated heterocycles. The molecular formula is C40H54N10O19P3S2+. The van der Waals surface area contributed by atoms with Crippen molar-refractivity contribution in [1.29, 1.82) is 0 Å². The zero-order valence-electron chi connectivity index (χ0n) is 39.7. The Morgan fingerprint density at radius 3 is 2.54 bits per heavy atom. The first-order valence-corrected chi connectivity index (χ1v) is 30.1. The zero-order valence-corrected chi connectivity index (χ0v) is 44.0. The summed E-state index contributed by atoms with van der Waals surface area (Å²) in [7, 11) is -15.7. The Bertz CT molecular complexity index is 3340. The standard InChI is InChI=1S/C40H53N10O19P3S2/c1-4-48-11-5-7-21-13-24-28(15-26(21)48)65-29-16-27-23(14-25(29)45-24)22(19-74(61,62)63)17-40(2,3)50(27)12-6-8-31(51)42-9-10-43-39(54)67-34-33(52)30(18-64-70(55,56)68-71(57,58)69-72(59,60)73)66-37(34)49-20-44-32-35(49)46-38(41)47-36(32)53/h13-16,20,22,30,33-34,37,52H,4-12,17-19H2,1-3H3,(H9-,41,42,43,46,47,51,53,54,55,56,57,58,59,60,61,62,63,73)/p+1/t22?,30-,33-,34-,37-/m1/s1. The van der Waals surface area contributed by atoms with Gasteiger partial charge in [0.15, 0.2) is 35.0 Å². The normalized spacial score (nSPS) is 22.7. The number of aromatic nitrogens is 4. The van der Waals surface area contributed by atoms with E-state index in [2.05, 4.69) is 62.4 Å². The van der Waals surface area contributed by atoms with Gasteiger partial charge < -0.3 is 60.2 Å². The number of aryl methyl sites for hydroxylation is 1. The maximum absolute atomic E-state index is 13.2. The average molecular weight is 1140 g/mol. The first kappa shape index (κ1) is 55.4. The highest BCUT2D eigenvalue weighted by molar-refractivity contribution is 8.08. The number of nitrogen functional groups attached to an aromatic ring is 1. The highest BCUT2D eigenvalue weighted by Crippen LogP contribution is 2.66. The molecule has 2 aromatic carbocycles. The van der Waals surface area contributed by atoms with E-state index in [1.807, 2.05) is 38.1 Å². The van der Waals surface area contributed by atoms with Crippen LogP contribution in [0.15, 0.2) is 40.4 Å². The van der Waals surface area contributed by atoms with Crippen molar-refractivity contribution in [3.05, 3.63) is 62.8 Å². The Balaban J connectivity index is 0.895. The molecule has 0 radical (unpaired) electrons. The Kier molecular flexibility index (Phi) is 16.0. The molecule has 0 saturated carbocycles. The number of nitrogens with zero attached hydrogens (tertiary/aromatic N) is 6. The number of ether oxygens (including phenoxy) is 3. The van der Waals surface area contributed by atoms with Crippen molar-refractivity contribution in [3.63, 3.8) is 0 Å². The number of nitrogens with two attached hydrogens (primary N) is 1. The summed E-state index contributed by atoms with van der Waals surface area (Å²) >= 11 is 4.07. The number of hydrogen-bond donors (Lipinski definition) is 10. The number of nitrogens with one attached hydrogen (secondary N) is 3. The number of H-pyrrole nitrogens is 1. The van der Waals surface area contributed by atoms with Crippen molar-refractivity contribution in [2.24, 2.45) is 4.99 Å². The van der Waals surface area contributed by atoms with Crippen LogP contribution < -0.4 is 46.9 Å². The van der Waals surface area contributed by atoms with Crippen molar-refractivity contribution in [2.75, 3.05) is 55.7 Å². The van der Waals surface area contributed by atoms with Gasteiger partial charge in [-0.3, -0.25) is 28.2 Å². The molecule has 0 spiro atoms. The molecule has 74 heavy (non-hydrogen) atoms. The Labute approximate surface area is 425 Å². The molecule has 7 atom stereocenters. The number of aromatic amines is 1. The topological polar surface area (TPSA) is 411 Å². The quantitative estimate of drug-likeness (QED) is 0.0234. The molecule has 404 valence electrons. The van der Waals surface area contributed by atoms with Gasteiger partial charge in [0.2, 0.25) is 17.2 Å². The highest BCUT2D eigenvalue weighted by Gasteiger charge is 2.50. The van der Waals surface area contributed by atoms with Crippen LogP contribution in [0, 0.1) is 0 Å². The SMILES string of the molecule is CC[N+]1=c2cc3c(cc2CCC1)=Nc1cc2c(cc1O3)N(CCCC(=O)NCCNC(=O)O[C@@H]1[C@H](O)[C@@H](COP(=O)(O)OP(=O)(O)OP(O)(O)=S)O[C@H]1n1cnc3c(=O)[nH]c(N)nc31)C(C)(C)CC2CS(=O)(=O)O. The van der Waals surface area contributed by atoms with E-state index in [0.29, 0.717) is 53.2 Å². The summed E-state index contributed by atoms with van der Waals surface area (Å²) in [5, 5.41) is 18.1. The minimum atomic E-state index is -5.70. The Hall–Kier alpha value is -4.81. The molecule has 3 unspecified atom stereocenters. The van der Waals surface area contributed by atoms with Gasteiger partial charge in [-0.25, -0.2) is 32.8 Å². The van der Waals surface area contributed by atoms with Gasteiger partial charge in [0, 0.05) is 61.2 Å². The largest absolute Gasteiger partial charge is 0.488 e. The molecule has 34 heteroatoms. The maximum atomic E-state index is 13.2. The van der Waals surface area contributed by atoms with Gasteiger partial charge in [0.25, 0.3) is 15.7 Å². The molecule has 4 aliphatic heterocycles. The summed E-state index contributed by atoms with van der Waals surface area (Å²) < 4.78 is 92.8. The minimum absolute atomic E-state index is 0.0364. The van der Waals surface area contributed by atoms with Crippen LogP contribution in [0.3, 0.4) is 0 Å². The number of aliphatic hydroxyl groups excluding tert-OH is 1. The summed E-state index contributed by atoms with van der Waals surface area (Å²) in [6.45, 7) is 1.85. The lowest BCUT2D eigenvalue weighted by Crippen LogP contribution is -2.50. The van der Waals surface area contributed by atoms with E-state index in [-0.39, 0.29) is 42.5 Å². The number of phosphoric ester groups is 1. The monoisotopic (exact) mass is 1140 g/mol. The molecule has 11 N–H and O–H groups in total. The molecule has 0 bridgehead atoms. The van der Waals surface area contributed by atoms with Crippen molar-refractivity contribution >= 4 is 84.8 Å². The number of phosphoric acid groups is 2. The molecule has 2 aromatic heterocycles. The number of hydrogen-bond acceptors (Lipinski definition) is 20. The summed E-state index contributed by atoms with van der Waals surface area (Å²) in [6, 6.07) is 7.69. The zero-order chi connectivity index (χ0) is 53.7. The second-order valence-electron chi connectivity index (χ2n) is 18.3. The smallest absolute Gasteiger partial charge is 0.452 e. The second-order valence-corrected chi connectivity index (χ2v) is 25.7.